The molecule has 144 valence electrons. The molecule has 27 heavy (non-hydrogen) atoms. The van der Waals surface area contributed by atoms with Crippen LogP contribution < -0.4 is 15.0 Å². The van der Waals surface area contributed by atoms with Crippen LogP contribution in [-0.2, 0) is 4.79 Å². The highest BCUT2D eigenvalue weighted by Crippen LogP contribution is 2.20. The fraction of sp³-hybridized carbons (Fsp3) is 0.409. The number of rotatable bonds is 6. The van der Waals surface area contributed by atoms with E-state index in [9.17, 15) is 4.79 Å². The number of amides is 1. The molecule has 1 aliphatic rings. The number of carbonyl (C=O) groups is 1. The molecular formula is C22H29N3O2. The maximum Gasteiger partial charge on any atom is 0.262 e. The molecule has 0 atom stereocenters. The van der Waals surface area contributed by atoms with Crippen molar-refractivity contribution in [1.82, 2.24) is 4.90 Å². The number of nitrogens with zero attached hydrogens (tertiary/aromatic N) is 2. The Labute approximate surface area is 161 Å². The summed E-state index contributed by atoms with van der Waals surface area (Å²) < 4.78 is 5.64. The average Bonchev–Trinajstić information content (AvgIpc) is 2.68. The molecule has 5 nitrogen and oxygen atoms in total. The van der Waals surface area contributed by atoms with Crippen LogP contribution in [0.5, 0.6) is 5.75 Å². The molecule has 0 radical (unpaired) electrons. The first-order chi connectivity index (χ1) is 13.0. The van der Waals surface area contributed by atoms with E-state index in [4.69, 9.17) is 4.74 Å². The van der Waals surface area contributed by atoms with Crippen LogP contribution in [0.15, 0.2) is 42.5 Å². The Morgan fingerprint density at radius 1 is 1.04 bits per heavy atom. The van der Waals surface area contributed by atoms with Crippen molar-refractivity contribution in [2.24, 2.45) is 0 Å². The Morgan fingerprint density at radius 3 is 2.37 bits per heavy atom. The Bertz CT molecular complexity index is 766. The zero-order valence-electron chi connectivity index (χ0n) is 16.5. The Morgan fingerprint density at radius 2 is 1.74 bits per heavy atom. The number of likely N-dealkylation sites (N-methyl/N-ethyl adjacent to an activating group) is 1. The summed E-state index contributed by atoms with van der Waals surface area (Å²) in [4.78, 5) is 17.0. The molecule has 1 heterocycles. The van der Waals surface area contributed by atoms with Crippen LogP contribution in [0.25, 0.3) is 0 Å². The number of hydrogen-bond acceptors (Lipinski definition) is 4. The third kappa shape index (κ3) is 5.23. The first kappa shape index (κ1) is 19.2. The fourth-order valence-electron chi connectivity index (χ4n) is 3.38. The topological polar surface area (TPSA) is 44.8 Å². The third-order valence-corrected chi connectivity index (χ3v) is 5.02. The number of hydrogen-bond donors (Lipinski definition) is 1. The maximum absolute atomic E-state index is 12.2. The highest BCUT2D eigenvalue weighted by atomic mass is 16.5. The molecule has 3 rings (SSSR count). The fourth-order valence-corrected chi connectivity index (χ4v) is 3.38. The van der Waals surface area contributed by atoms with Crippen molar-refractivity contribution >= 4 is 17.3 Å². The van der Waals surface area contributed by atoms with Gasteiger partial charge in [0.15, 0.2) is 6.61 Å². The van der Waals surface area contributed by atoms with Crippen LogP contribution >= 0.6 is 0 Å². The molecule has 2 aromatic carbocycles. The lowest BCUT2D eigenvalue weighted by Crippen LogP contribution is -2.46. The van der Waals surface area contributed by atoms with Crippen molar-refractivity contribution in [3.05, 3.63) is 53.6 Å². The van der Waals surface area contributed by atoms with Crippen molar-refractivity contribution in [2.75, 3.05) is 49.5 Å². The van der Waals surface area contributed by atoms with Gasteiger partial charge in [0.05, 0.1) is 0 Å². The summed E-state index contributed by atoms with van der Waals surface area (Å²) in [6, 6.07) is 14.0. The van der Waals surface area contributed by atoms with E-state index >= 15 is 0 Å². The van der Waals surface area contributed by atoms with E-state index in [1.165, 1.54) is 11.3 Å². The lowest BCUT2D eigenvalue weighted by atomic mass is 10.1. The van der Waals surface area contributed by atoms with Crippen molar-refractivity contribution < 1.29 is 9.53 Å². The van der Waals surface area contributed by atoms with Crippen LogP contribution in [0, 0.1) is 13.8 Å². The number of nitrogens with one attached hydrogen (secondary N) is 1. The molecule has 5 heteroatoms. The molecule has 1 amide bonds. The summed E-state index contributed by atoms with van der Waals surface area (Å²) in [6.45, 7) is 11.6. The Kier molecular flexibility index (Phi) is 6.35. The van der Waals surface area contributed by atoms with Crippen LogP contribution in [0.1, 0.15) is 18.1 Å². The van der Waals surface area contributed by atoms with Gasteiger partial charge >= 0.3 is 0 Å². The van der Waals surface area contributed by atoms with E-state index in [-0.39, 0.29) is 12.5 Å². The second kappa shape index (κ2) is 8.91. The van der Waals surface area contributed by atoms with E-state index in [0.717, 1.165) is 49.7 Å². The van der Waals surface area contributed by atoms with Gasteiger partial charge in [-0.1, -0.05) is 24.6 Å². The predicted molar refractivity (Wildman–Crippen MR) is 111 cm³/mol. The molecular weight excluding hydrogens is 338 g/mol. The molecule has 0 bridgehead atoms. The van der Waals surface area contributed by atoms with Crippen molar-refractivity contribution in [3.8, 4) is 5.75 Å². The van der Waals surface area contributed by atoms with Gasteiger partial charge < -0.3 is 19.9 Å². The average molecular weight is 367 g/mol. The van der Waals surface area contributed by atoms with Gasteiger partial charge in [-0.25, -0.2) is 0 Å². The number of benzene rings is 2. The minimum Gasteiger partial charge on any atom is -0.483 e. The normalized spacial score (nSPS) is 14.9. The first-order valence-corrected chi connectivity index (χ1v) is 9.62. The number of anilines is 2. The van der Waals surface area contributed by atoms with Crippen LogP contribution in [-0.4, -0.2) is 50.1 Å². The monoisotopic (exact) mass is 367 g/mol. The quantitative estimate of drug-likeness (QED) is 0.849. The van der Waals surface area contributed by atoms with Gasteiger partial charge in [-0.3, -0.25) is 4.79 Å². The zero-order valence-corrected chi connectivity index (χ0v) is 16.5. The molecule has 0 spiro atoms. The molecule has 2 aromatic rings. The lowest BCUT2D eigenvalue weighted by Gasteiger charge is -2.35. The maximum atomic E-state index is 12.2. The van der Waals surface area contributed by atoms with Gasteiger partial charge in [0.25, 0.3) is 5.91 Å². The molecule has 0 aliphatic carbocycles. The Hall–Kier alpha value is -2.53. The van der Waals surface area contributed by atoms with Crippen LogP contribution in [0.4, 0.5) is 11.4 Å². The van der Waals surface area contributed by atoms with E-state index < -0.39 is 0 Å². The summed E-state index contributed by atoms with van der Waals surface area (Å²) in [5, 5.41) is 2.90. The predicted octanol–water partition coefficient (Wildman–Crippen LogP) is 3.46. The minimum atomic E-state index is -0.153. The number of aryl methyl sites for hydroxylation is 2. The van der Waals surface area contributed by atoms with Crippen LogP contribution in [0.2, 0.25) is 0 Å². The van der Waals surface area contributed by atoms with Gasteiger partial charge in [0, 0.05) is 37.6 Å². The summed E-state index contributed by atoms with van der Waals surface area (Å²) in [7, 11) is 0. The van der Waals surface area contributed by atoms with E-state index in [1.54, 1.807) is 0 Å². The largest absolute Gasteiger partial charge is 0.483 e. The van der Waals surface area contributed by atoms with Crippen molar-refractivity contribution in [2.45, 2.75) is 20.8 Å². The summed E-state index contributed by atoms with van der Waals surface area (Å²) in [5.41, 5.74) is 4.21. The molecule has 1 saturated heterocycles. The number of ether oxygens (including phenoxy) is 1. The van der Waals surface area contributed by atoms with Gasteiger partial charge in [0.1, 0.15) is 5.75 Å². The SMILES string of the molecule is CCN1CCN(c2ccc(NC(=O)COc3ccc(C)cc3C)cc2)CC1. The van der Waals surface area contributed by atoms with E-state index in [2.05, 4.69) is 34.2 Å². The summed E-state index contributed by atoms with van der Waals surface area (Å²) >= 11 is 0. The smallest absolute Gasteiger partial charge is 0.262 e. The minimum absolute atomic E-state index is 0.00459. The molecule has 0 saturated carbocycles. The van der Waals surface area contributed by atoms with Crippen LogP contribution in [0.3, 0.4) is 0 Å². The van der Waals surface area contributed by atoms with Gasteiger partial charge in [0.2, 0.25) is 0 Å². The van der Waals surface area contributed by atoms with E-state index in [1.807, 2.05) is 44.2 Å². The lowest BCUT2D eigenvalue weighted by molar-refractivity contribution is -0.118. The Balaban J connectivity index is 1.50. The van der Waals surface area contributed by atoms with E-state index in [0.29, 0.717) is 0 Å². The third-order valence-electron chi connectivity index (χ3n) is 5.02. The second-order valence-corrected chi connectivity index (χ2v) is 7.07. The second-order valence-electron chi connectivity index (χ2n) is 7.07. The number of piperazine rings is 1. The van der Waals surface area contributed by atoms with Gasteiger partial charge in [-0.2, -0.15) is 0 Å². The number of carbonyl (C=O) groups excluding carboxylic acids is 1. The zero-order chi connectivity index (χ0) is 19.2. The molecule has 1 aliphatic heterocycles. The summed E-state index contributed by atoms with van der Waals surface area (Å²) in [6.07, 6.45) is 0. The highest BCUT2D eigenvalue weighted by Gasteiger charge is 2.15. The van der Waals surface area contributed by atoms with Crippen molar-refractivity contribution in [1.29, 1.82) is 0 Å². The van der Waals surface area contributed by atoms with Gasteiger partial charge in [-0.15, -0.1) is 0 Å². The van der Waals surface area contributed by atoms with Gasteiger partial charge in [-0.05, 0) is 56.3 Å². The molecule has 0 aromatic heterocycles. The molecule has 1 N–H and O–H groups in total. The highest BCUT2D eigenvalue weighted by molar-refractivity contribution is 5.92. The first-order valence-electron chi connectivity index (χ1n) is 9.62. The standard InChI is InChI=1S/C22H29N3O2/c1-4-24-11-13-25(14-12-24)20-8-6-19(7-9-20)23-22(26)16-27-21-10-5-17(2)15-18(21)3/h5-10,15H,4,11-14,16H2,1-3H3,(H,23,26). The summed E-state index contributed by atoms with van der Waals surface area (Å²) in [5.74, 6) is 0.594. The van der Waals surface area contributed by atoms with Crippen molar-refractivity contribution in [3.63, 3.8) is 0 Å². The molecule has 1 fully saturated rings. The molecule has 0 unspecified atom stereocenters.